The fourth-order valence-electron chi connectivity index (χ4n) is 3.21. The predicted molar refractivity (Wildman–Crippen MR) is 126 cm³/mol. The molecule has 2 nitrogen and oxygen atoms in total. The van der Waals surface area contributed by atoms with E-state index in [1.807, 2.05) is 60.7 Å². The van der Waals surface area contributed by atoms with Gasteiger partial charge in [0.05, 0.1) is 0 Å². The third-order valence-electron chi connectivity index (χ3n) is 4.74. The highest BCUT2D eigenvalue weighted by molar-refractivity contribution is 9.10. The molecule has 0 radical (unpaired) electrons. The highest BCUT2D eigenvalue weighted by Gasteiger charge is 2.12. The first kappa shape index (κ1) is 20.1. The smallest absolute Gasteiger partial charge is 0.125 e. The molecule has 0 saturated carbocycles. The van der Waals surface area contributed by atoms with Crippen molar-refractivity contribution in [3.05, 3.63) is 105 Å². The van der Waals surface area contributed by atoms with Gasteiger partial charge in [-0.2, -0.15) is 0 Å². The van der Waals surface area contributed by atoms with Crippen molar-refractivity contribution in [2.24, 2.45) is 0 Å². The van der Waals surface area contributed by atoms with Gasteiger partial charge in [-0.25, -0.2) is 0 Å². The molecule has 0 aliphatic heterocycles. The van der Waals surface area contributed by atoms with E-state index >= 15 is 0 Å². The molecule has 0 aromatic heterocycles. The summed E-state index contributed by atoms with van der Waals surface area (Å²) >= 11 is 16.1. The molecule has 4 aromatic rings. The molecule has 0 aliphatic rings. The first-order valence-electron chi connectivity index (χ1n) is 9.17. The Labute approximate surface area is 188 Å². The van der Waals surface area contributed by atoms with E-state index in [0.29, 0.717) is 23.2 Å². The number of halogens is 3. The molecule has 0 heterocycles. The molecular formula is C24H18BrCl2NO. The second-order valence-electron chi connectivity index (χ2n) is 6.61. The number of ether oxygens (including phenoxy) is 1. The monoisotopic (exact) mass is 485 g/mol. The van der Waals surface area contributed by atoms with Crippen molar-refractivity contribution in [2.75, 3.05) is 5.32 Å². The van der Waals surface area contributed by atoms with Crippen LogP contribution in [0.25, 0.3) is 10.8 Å². The van der Waals surface area contributed by atoms with Crippen LogP contribution in [0, 0.1) is 0 Å². The zero-order valence-electron chi connectivity index (χ0n) is 15.5. The lowest BCUT2D eigenvalue weighted by Gasteiger charge is -2.16. The van der Waals surface area contributed by atoms with Gasteiger partial charge in [-0.05, 0) is 53.2 Å². The SMILES string of the molecule is Clc1cccc(Cl)c1COc1ccc2ccccc2c1CNc1ccc(Br)cc1. The van der Waals surface area contributed by atoms with E-state index in [0.717, 1.165) is 32.4 Å². The number of benzene rings is 4. The lowest BCUT2D eigenvalue weighted by Crippen LogP contribution is -2.05. The Hall–Kier alpha value is -2.20. The van der Waals surface area contributed by atoms with Crippen LogP contribution in [-0.4, -0.2) is 0 Å². The maximum atomic E-state index is 6.30. The summed E-state index contributed by atoms with van der Waals surface area (Å²) in [7, 11) is 0. The Morgan fingerprint density at radius 3 is 2.24 bits per heavy atom. The number of hydrogen-bond acceptors (Lipinski definition) is 2. The summed E-state index contributed by atoms with van der Waals surface area (Å²) in [5.41, 5.74) is 2.92. The van der Waals surface area contributed by atoms with Crippen molar-refractivity contribution in [1.82, 2.24) is 0 Å². The summed E-state index contributed by atoms with van der Waals surface area (Å²) in [6.07, 6.45) is 0. The minimum absolute atomic E-state index is 0.308. The molecule has 0 bridgehead atoms. The summed E-state index contributed by atoms with van der Waals surface area (Å²) in [4.78, 5) is 0. The summed E-state index contributed by atoms with van der Waals surface area (Å²) in [6, 6.07) is 26.0. The molecule has 4 rings (SSSR count). The maximum absolute atomic E-state index is 6.30. The van der Waals surface area contributed by atoms with Crippen LogP contribution in [0.15, 0.2) is 83.3 Å². The van der Waals surface area contributed by atoms with Crippen molar-refractivity contribution in [1.29, 1.82) is 0 Å². The van der Waals surface area contributed by atoms with Crippen molar-refractivity contribution in [2.45, 2.75) is 13.2 Å². The Kier molecular flexibility index (Phi) is 6.29. The van der Waals surface area contributed by atoms with Crippen LogP contribution in [0.1, 0.15) is 11.1 Å². The van der Waals surface area contributed by atoms with Gasteiger partial charge in [-0.15, -0.1) is 0 Å². The average Bonchev–Trinajstić information content (AvgIpc) is 2.73. The predicted octanol–water partition coefficient (Wildman–Crippen LogP) is 8.10. The van der Waals surface area contributed by atoms with Gasteiger partial charge < -0.3 is 10.1 Å². The van der Waals surface area contributed by atoms with Crippen LogP contribution < -0.4 is 10.1 Å². The number of anilines is 1. The standard InChI is InChI=1S/C24H18BrCl2NO/c25-17-9-11-18(12-10-17)28-14-20-19-5-2-1-4-16(19)8-13-24(20)29-15-21-22(26)6-3-7-23(21)27/h1-13,28H,14-15H2. The molecule has 0 fully saturated rings. The molecule has 0 atom stereocenters. The minimum atomic E-state index is 0.308. The summed E-state index contributed by atoms with van der Waals surface area (Å²) in [5.74, 6) is 0.810. The number of fused-ring (bicyclic) bond motifs is 1. The van der Waals surface area contributed by atoms with Crippen LogP contribution in [0.4, 0.5) is 5.69 Å². The molecule has 0 spiro atoms. The number of rotatable bonds is 6. The highest BCUT2D eigenvalue weighted by Crippen LogP contribution is 2.31. The molecule has 0 saturated heterocycles. The molecule has 1 N–H and O–H groups in total. The molecule has 5 heteroatoms. The van der Waals surface area contributed by atoms with Gasteiger partial charge in [0.1, 0.15) is 12.4 Å². The largest absolute Gasteiger partial charge is 0.488 e. The van der Waals surface area contributed by atoms with Gasteiger partial charge in [0.15, 0.2) is 0 Å². The average molecular weight is 487 g/mol. The van der Waals surface area contributed by atoms with Gasteiger partial charge in [-0.3, -0.25) is 0 Å². The van der Waals surface area contributed by atoms with E-state index in [1.54, 1.807) is 0 Å². The van der Waals surface area contributed by atoms with E-state index < -0.39 is 0 Å². The van der Waals surface area contributed by atoms with E-state index in [-0.39, 0.29) is 0 Å². The van der Waals surface area contributed by atoms with Gasteiger partial charge in [0, 0.05) is 37.9 Å². The van der Waals surface area contributed by atoms with Crippen LogP contribution in [-0.2, 0) is 13.2 Å². The Morgan fingerprint density at radius 1 is 0.759 bits per heavy atom. The van der Waals surface area contributed by atoms with Crippen molar-refractivity contribution in [3.63, 3.8) is 0 Å². The summed E-state index contributed by atoms with van der Waals surface area (Å²) in [6.45, 7) is 0.941. The maximum Gasteiger partial charge on any atom is 0.125 e. The topological polar surface area (TPSA) is 21.3 Å². The Morgan fingerprint density at radius 2 is 1.48 bits per heavy atom. The first-order chi connectivity index (χ1) is 14.1. The van der Waals surface area contributed by atoms with Gasteiger partial charge in [-0.1, -0.05) is 75.5 Å². The molecular weight excluding hydrogens is 469 g/mol. The molecule has 146 valence electrons. The van der Waals surface area contributed by atoms with Gasteiger partial charge >= 0.3 is 0 Å². The molecule has 0 unspecified atom stereocenters. The minimum Gasteiger partial charge on any atom is -0.488 e. The zero-order valence-corrected chi connectivity index (χ0v) is 18.6. The van der Waals surface area contributed by atoms with E-state index in [1.165, 1.54) is 5.39 Å². The van der Waals surface area contributed by atoms with Crippen LogP contribution in [0.5, 0.6) is 5.75 Å². The van der Waals surface area contributed by atoms with Gasteiger partial charge in [0.25, 0.3) is 0 Å². The lowest BCUT2D eigenvalue weighted by atomic mass is 10.0. The quantitative estimate of drug-likeness (QED) is 0.297. The number of hydrogen-bond donors (Lipinski definition) is 1. The molecule has 29 heavy (non-hydrogen) atoms. The molecule has 0 amide bonds. The van der Waals surface area contributed by atoms with Crippen LogP contribution in [0.2, 0.25) is 10.0 Å². The van der Waals surface area contributed by atoms with Gasteiger partial charge in [0.2, 0.25) is 0 Å². The van der Waals surface area contributed by atoms with E-state index in [2.05, 4.69) is 39.4 Å². The zero-order chi connectivity index (χ0) is 20.2. The van der Waals surface area contributed by atoms with Crippen molar-refractivity contribution < 1.29 is 4.74 Å². The van der Waals surface area contributed by atoms with E-state index in [4.69, 9.17) is 27.9 Å². The second kappa shape index (κ2) is 9.08. The molecule has 4 aromatic carbocycles. The lowest BCUT2D eigenvalue weighted by molar-refractivity contribution is 0.304. The normalized spacial score (nSPS) is 10.9. The van der Waals surface area contributed by atoms with E-state index in [9.17, 15) is 0 Å². The fraction of sp³-hybridized carbons (Fsp3) is 0.0833. The first-order valence-corrected chi connectivity index (χ1v) is 10.7. The van der Waals surface area contributed by atoms with Crippen LogP contribution >= 0.6 is 39.1 Å². The van der Waals surface area contributed by atoms with Crippen molar-refractivity contribution >= 4 is 55.6 Å². The second-order valence-corrected chi connectivity index (χ2v) is 8.34. The summed E-state index contributed by atoms with van der Waals surface area (Å²) < 4.78 is 7.23. The third kappa shape index (κ3) is 4.69. The van der Waals surface area contributed by atoms with Crippen LogP contribution in [0.3, 0.4) is 0 Å². The number of nitrogens with one attached hydrogen (secondary N) is 1. The van der Waals surface area contributed by atoms with Crippen molar-refractivity contribution in [3.8, 4) is 5.75 Å². The fourth-order valence-corrected chi connectivity index (χ4v) is 3.98. The third-order valence-corrected chi connectivity index (χ3v) is 5.98. The Balaban J connectivity index is 1.64. The summed E-state index contributed by atoms with van der Waals surface area (Å²) in [5, 5.41) is 7.02. The molecule has 0 aliphatic carbocycles. The highest BCUT2D eigenvalue weighted by atomic mass is 79.9. The Bertz CT molecular complexity index is 1130.